The predicted octanol–water partition coefficient (Wildman–Crippen LogP) is 2.62. The van der Waals surface area contributed by atoms with Crippen molar-refractivity contribution in [2.24, 2.45) is 0 Å². The molecule has 0 saturated carbocycles. The van der Waals surface area contributed by atoms with E-state index in [2.05, 4.69) is 27.1 Å². The van der Waals surface area contributed by atoms with E-state index in [1.807, 2.05) is 0 Å². The molecule has 0 bridgehead atoms. The van der Waals surface area contributed by atoms with Crippen LogP contribution in [-0.4, -0.2) is 21.2 Å². The number of nitrogens with one attached hydrogen (secondary N) is 1. The maximum absolute atomic E-state index is 10.5. The Labute approximate surface area is 114 Å². The lowest BCUT2D eigenvalue weighted by atomic mass is 10.2. The number of hydrogen-bond donors (Lipinski definition) is 2. The van der Waals surface area contributed by atoms with E-state index in [0.29, 0.717) is 16.8 Å². The first-order valence-corrected chi connectivity index (χ1v) is 5.61. The van der Waals surface area contributed by atoms with Crippen LogP contribution in [0, 0.1) is 11.8 Å². The number of carbonyl (C=O) groups is 1. The average molecular weight is 274 g/mol. The van der Waals surface area contributed by atoms with Gasteiger partial charge in [0.05, 0.1) is 5.56 Å². The van der Waals surface area contributed by atoms with Crippen LogP contribution in [0.1, 0.15) is 11.1 Å². The Hall–Kier alpha value is -2.58. The third-order valence-corrected chi connectivity index (χ3v) is 2.28. The summed E-state index contributed by atoms with van der Waals surface area (Å²) in [6.07, 6.45) is 1.92. The first-order valence-electron chi connectivity index (χ1n) is 5.23. The Morgan fingerprint density at radius 2 is 1.89 bits per heavy atom. The Kier molecular flexibility index (Phi) is 3.96. The van der Waals surface area contributed by atoms with Crippen LogP contribution >= 0.6 is 11.6 Å². The largest absolute Gasteiger partial charge is 0.465 e. The van der Waals surface area contributed by atoms with Crippen molar-refractivity contribution in [2.75, 3.05) is 5.32 Å². The van der Waals surface area contributed by atoms with E-state index < -0.39 is 6.09 Å². The molecule has 2 aromatic rings. The van der Waals surface area contributed by atoms with Crippen molar-refractivity contribution in [3.05, 3.63) is 53.1 Å². The first kappa shape index (κ1) is 12.9. The molecule has 0 unspecified atom stereocenters. The molecule has 1 aromatic carbocycles. The third-order valence-electron chi connectivity index (χ3n) is 2.09. The van der Waals surface area contributed by atoms with Gasteiger partial charge >= 0.3 is 6.09 Å². The van der Waals surface area contributed by atoms with Gasteiger partial charge in [-0.15, -0.1) is 0 Å². The molecule has 2 rings (SSSR count). The predicted molar refractivity (Wildman–Crippen MR) is 71.1 cm³/mol. The second-order valence-electron chi connectivity index (χ2n) is 3.50. The molecule has 0 radical (unpaired) electrons. The van der Waals surface area contributed by atoms with Gasteiger partial charge in [0, 0.05) is 23.6 Å². The molecule has 0 spiro atoms. The zero-order valence-electron chi connectivity index (χ0n) is 9.59. The highest BCUT2D eigenvalue weighted by Gasteiger charge is 1.97. The fourth-order valence-corrected chi connectivity index (χ4v) is 1.42. The second kappa shape index (κ2) is 5.85. The molecule has 1 aromatic heterocycles. The first-order chi connectivity index (χ1) is 9.13. The van der Waals surface area contributed by atoms with Gasteiger partial charge in [-0.25, -0.2) is 14.8 Å². The summed E-state index contributed by atoms with van der Waals surface area (Å²) >= 11 is 5.56. The van der Waals surface area contributed by atoms with Gasteiger partial charge in [0.15, 0.2) is 0 Å². The van der Waals surface area contributed by atoms with Gasteiger partial charge in [-0.1, -0.05) is 17.9 Å². The highest BCUT2D eigenvalue weighted by atomic mass is 35.5. The van der Waals surface area contributed by atoms with Crippen LogP contribution < -0.4 is 5.32 Å². The Morgan fingerprint density at radius 3 is 2.58 bits per heavy atom. The fourth-order valence-electron chi connectivity index (χ4n) is 1.32. The van der Waals surface area contributed by atoms with E-state index in [4.69, 9.17) is 16.7 Å². The molecular formula is C13H8ClN3O2. The average Bonchev–Trinajstić information content (AvgIpc) is 2.38. The van der Waals surface area contributed by atoms with E-state index >= 15 is 0 Å². The monoisotopic (exact) mass is 273 g/mol. The van der Waals surface area contributed by atoms with Crippen LogP contribution in [0.25, 0.3) is 0 Å². The van der Waals surface area contributed by atoms with Crippen molar-refractivity contribution in [1.29, 1.82) is 0 Å². The van der Waals surface area contributed by atoms with Crippen molar-refractivity contribution in [1.82, 2.24) is 9.97 Å². The van der Waals surface area contributed by atoms with Gasteiger partial charge in [-0.2, -0.15) is 0 Å². The minimum Gasteiger partial charge on any atom is -0.465 e. The summed E-state index contributed by atoms with van der Waals surface area (Å²) in [5, 5.41) is 11.0. The van der Waals surface area contributed by atoms with E-state index in [0.717, 1.165) is 0 Å². The standard InChI is InChI=1S/C13H8ClN3O2/c14-12-15-7-10(8-16-12)5-4-9-2-1-3-11(6-9)17-13(18)19/h1-3,6-8,17H,(H,18,19). The van der Waals surface area contributed by atoms with Crippen molar-refractivity contribution >= 4 is 23.4 Å². The number of halogens is 1. The molecule has 0 atom stereocenters. The summed E-state index contributed by atoms with van der Waals surface area (Å²) in [6, 6.07) is 6.77. The molecule has 0 aliphatic heterocycles. The molecule has 0 aliphatic rings. The molecule has 0 saturated heterocycles. The number of hydrogen-bond acceptors (Lipinski definition) is 3. The maximum atomic E-state index is 10.5. The summed E-state index contributed by atoms with van der Waals surface area (Å²) < 4.78 is 0. The number of nitrogens with zero attached hydrogens (tertiary/aromatic N) is 2. The third kappa shape index (κ3) is 3.98. The molecule has 1 amide bonds. The second-order valence-corrected chi connectivity index (χ2v) is 3.84. The van der Waals surface area contributed by atoms with Gasteiger partial charge < -0.3 is 5.11 Å². The van der Waals surface area contributed by atoms with Crippen LogP contribution in [0.3, 0.4) is 0 Å². The summed E-state index contributed by atoms with van der Waals surface area (Å²) in [7, 11) is 0. The molecule has 0 fully saturated rings. The number of rotatable bonds is 1. The molecule has 2 N–H and O–H groups in total. The molecule has 1 heterocycles. The van der Waals surface area contributed by atoms with Crippen molar-refractivity contribution < 1.29 is 9.90 Å². The Bertz CT molecular complexity index is 660. The topological polar surface area (TPSA) is 75.1 Å². The molecule has 5 nitrogen and oxygen atoms in total. The zero-order chi connectivity index (χ0) is 13.7. The summed E-state index contributed by atoms with van der Waals surface area (Å²) in [5.74, 6) is 5.75. The number of carboxylic acid groups (broad SMARTS) is 1. The Balaban J connectivity index is 2.19. The highest BCUT2D eigenvalue weighted by Crippen LogP contribution is 2.09. The normalized spacial score (nSPS) is 9.32. The van der Waals surface area contributed by atoms with Gasteiger partial charge in [0.1, 0.15) is 0 Å². The number of amides is 1. The smallest absolute Gasteiger partial charge is 0.409 e. The molecular weight excluding hydrogens is 266 g/mol. The van der Waals surface area contributed by atoms with Crippen LogP contribution in [0.2, 0.25) is 5.28 Å². The molecule has 6 heteroatoms. The minimum absolute atomic E-state index is 0.165. The van der Waals surface area contributed by atoms with Gasteiger partial charge in [0.2, 0.25) is 5.28 Å². The molecule has 0 aliphatic carbocycles. The zero-order valence-corrected chi connectivity index (χ0v) is 10.3. The number of benzene rings is 1. The highest BCUT2D eigenvalue weighted by molar-refractivity contribution is 6.28. The van der Waals surface area contributed by atoms with Crippen molar-refractivity contribution in [2.45, 2.75) is 0 Å². The van der Waals surface area contributed by atoms with Gasteiger partial charge in [0.25, 0.3) is 0 Å². The lowest BCUT2D eigenvalue weighted by Crippen LogP contribution is -2.06. The van der Waals surface area contributed by atoms with Crippen molar-refractivity contribution in [3.8, 4) is 11.8 Å². The maximum Gasteiger partial charge on any atom is 0.409 e. The quantitative estimate of drug-likeness (QED) is 0.619. The summed E-state index contributed by atoms with van der Waals surface area (Å²) in [6.45, 7) is 0. The lowest BCUT2D eigenvalue weighted by molar-refractivity contribution is 0.210. The van der Waals surface area contributed by atoms with Crippen LogP contribution in [0.15, 0.2) is 36.7 Å². The number of aromatic nitrogens is 2. The minimum atomic E-state index is -1.11. The lowest BCUT2D eigenvalue weighted by Gasteiger charge is -1.99. The van der Waals surface area contributed by atoms with Crippen molar-refractivity contribution in [3.63, 3.8) is 0 Å². The number of anilines is 1. The van der Waals surface area contributed by atoms with Gasteiger partial charge in [-0.05, 0) is 29.8 Å². The molecule has 19 heavy (non-hydrogen) atoms. The van der Waals surface area contributed by atoms with Crippen LogP contribution in [0.4, 0.5) is 10.5 Å². The Morgan fingerprint density at radius 1 is 1.21 bits per heavy atom. The van der Waals surface area contributed by atoms with E-state index in [1.54, 1.807) is 24.3 Å². The van der Waals surface area contributed by atoms with E-state index in [-0.39, 0.29) is 5.28 Å². The summed E-state index contributed by atoms with van der Waals surface area (Å²) in [5.41, 5.74) is 1.77. The van der Waals surface area contributed by atoms with E-state index in [1.165, 1.54) is 12.4 Å². The fraction of sp³-hybridized carbons (Fsp3) is 0. The van der Waals surface area contributed by atoms with Crippen LogP contribution in [0.5, 0.6) is 0 Å². The molecule has 94 valence electrons. The van der Waals surface area contributed by atoms with Crippen LogP contribution in [-0.2, 0) is 0 Å². The SMILES string of the molecule is O=C(O)Nc1cccc(C#Cc2cnc(Cl)nc2)c1. The van der Waals surface area contributed by atoms with E-state index in [9.17, 15) is 4.79 Å². The van der Waals surface area contributed by atoms with Gasteiger partial charge in [-0.3, -0.25) is 5.32 Å². The summed E-state index contributed by atoms with van der Waals surface area (Å²) in [4.78, 5) is 18.1.